The van der Waals surface area contributed by atoms with Crippen LogP contribution >= 0.6 is 0 Å². The Morgan fingerprint density at radius 2 is 1.83 bits per heavy atom. The first-order valence-electron chi connectivity index (χ1n) is 10.9. The van der Waals surface area contributed by atoms with E-state index in [1.165, 1.54) is 6.07 Å². The molecule has 2 aliphatic rings. The Morgan fingerprint density at radius 3 is 2.50 bits per heavy atom. The molecular weight excluding hydrogens is 385 g/mol. The Bertz CT molecular complexity index is 865. The number of ether oxygens (including phenoxy) is 2. The van der Waals surface area contributed by atoms with Crippen molar-refractivity contribution in [2.24, 2.45) is 11.8 Å². The standard InChI is InChI=1S/C23H30FN3O3/c1-3-29-21-19(12-25-22(26-21)30-4-2)23(28)17-9-7-10-18(23)15-27(14-17)13-16-8-5-6-11-20(16)24/h5-6,8,11-12,17-18,28H,3-4,7,9-10,13-15H2,1-2H3/t17-,18+,23?. The number of piperidine rings is 1. The molecule has 4 rings (SSSR count). The van der Waals surface area contributed by atoms with Crippen molar-refractivity contribution in [3.05, 3.63) is 47.4 Å². The van der Waals surface area contributed by atoms with Crippen molar-refractivity contribution in [2.75, 3.05) is 26.3 Å². The van der Waals surface area contributed by atoms with Crippen LogP contribution in [0.5, 0.6) is 11.9 Å². The van der Waals surface area contributed by atoms with E-state index >= 15 is 0 Å². The maximum absolute atomic E-state index is 14.2. The van der Waals surface area contributed by atoms with Crippen molar-refractivity contribution in [2.45, 2.75) is 45.3 Å². The molecule has 3 atom stereocenters. The van der Waals surface area contributed by atoms with Gasteiger partial charge >= 0.3 is 6.01 Å². The van der Waals surface area contributed by atoms with Crippen LogP contribution in [0.4, 0.5) is 4.39 Å². The molecule has 0 amide bonds. The third-order valence-corrected chi connectivity index (χ3v) is 6.38. The Hall–Kier alpha value is -2.25. The van der Waals surface area contributed by atoms with Crippen LogP contribution in [0.3, 0.4) is 0 Å². The van der Waals surface area contributed by atoms with Crippen molar-refractivity contribution in [1.29, 1.82) is 0 Å². The zero-order valence-corrected chi connectivity index (χ0v) is 17.7. The van der Waals surface area contributed by atoms with Crippen LogP contribution in [0.2, 0.25) is 0 Å². The molecule has 1 saturated carbocycles. The van der Waals surface area contributed by atoms with Crippen LogP contribution in [-0.4, -0.2) is 46.3 Å². The first-order chi connectivity index (χ1) is 14.6. The number of aliphatic hydroxyl groups is 1. The Balaban J connectivity index is 1.62. The van der Waals surface area contributed by atoms with Gasteiger partial charge < -0.3 is 14.6 Å². The summed E-state index contributed by atoms with van der Waals surface area (Å²) in [5, 5.41) is 12.0. The van der Waals surface area contributed by atoms with Crippen LogP contribution in [-0.2, 0) is 12.1 Å². The topological polar surface area (TPSA) is 67.7 Å². The second kappa shape index (κ2) is 8.86. The van der Waals surface area contributed by atoms with E-state index < -0.39 is 5.60 Å². The molecule has 1 aliphatic heterocycles. The summed E-state index contributed by atoms with van der Waals surface area (Å²) in [5.41, 5.74) is 0.285. The lowest BCUT2D eigenvalue weighted by molar-refractivity contribution is -0.150. The predicted octanol–water partition coefficient (Wildman–Crippen LogP) is 3.53. The molecule has 0 radical (unpaired) electrons. The number of likely N-dealkylation sites (tertiary alicyclic amines) is 1. The highest BCUT2D eigenvalue weighted by molar-refractivity contribution is 5.34. The van der Waals surface area contributed by atoms with Crippen LogP contribution in [0.25, 0.3) is 0 Å². The highest BCUT2D eigenvalue weighted by Gasteiger charge is 2.53. The van der Waals surface area contributed by atoms with Gasteiger partial charge in [0.15, 0.2) is 0 Å². The fourth-order valence-corrected chi connectivity index (χ4v) is 5.05. The average molecular weight is 416 g/mol. The summed E-state index contributed by atoms with van der Waals surface area (Å²) in [7, 11) is 0. The van der Waals surface area contributed by atoms with E-state index in [-0.39, 0.29) is 23.7 Å². The SMILES string of the molecule is CCOc1ncc(C2(O)[C@@H]3CCC[C@H]2CN(Cc2ccccc2F)C3)c(OCC)n1. The molecule has 2 bridgehead atoms. The van der Waals surface area contributed by atoms with E-state index in [1.807, 2.05) is 26.0 Å². The van der Waals surface area contributed by atoms with Gasteiger partial charge in [-0.25, -0.2) is 9.37 Å². The number of benzene rings is 1. The summed E-state index contributed by atoms with van der Waals surface area (Å²) in [6.07, 6.45) is 4.55. The van der Waals surface area contributed by atoms with Gasteiger partial charge in [-0.1, -0.05) is 24.6 Å². The fourth-order valence-electron chi connectivity index (χ4n) is 5.05. The lowest BCUT2D eigenvalue weighted by Gasteiger charge is -2.53. The van der Waals surface area contributed by atoms with E-state index in [2.05, 4.69) is 14.9 Å². The van der Waals surface area contributed by atoms with Crippen LogP contribution in [0, 0.1) is 17.7 Å². The summed E-state index contributed by atoms with van der Waals surface area (Å²) < 4.78 is 25.4. The van der Waals surface area contributed by atoms with E-state index in [1.54, 1.807) is 12.3 Å². The Morgan fingerprint density at radius 1 is 1.13 bits per heavy atom. The van der Waals surface area contributed by atoms with Crippen molar-refractivity contribution in [3.63, 3.8) is 0 Å². The summed E-state index contributed by atoms with van der Waals surface area (Å²) in [5.74, 6) is 0.245. The van der Waals surface area contributed by atoms with Crippen molar-refractivity contribution >= 4 is 0 Å². The Kier molecular flexibility index (Phi) is 6.20. The molecule has 2 heterocycles. The minimum Gasteiger partial charge on any atom is -0.478 e. The number of halogens is 1. The van der Waals surface area contributed by atoms with Crippen LogP contribution < -0.4 is 9.47 Å². The lowest BCUT2D eigenvalue weighted by atomic mass is 9.63. The normalized spacial score (nSPS) is 26.4. The van der Waals surface area contributed by atoms with Crippen molar-refractivity contribution in [3.8, 4) is 11.9 Å². The number of hydrogen-bond acceptors (Lipinski definition) is 6. The summed E-state index contributed by atoms with van der Waals surface area (Å²) in [6.45, 7) is 6.62. The minimum atomic E-state index is -1.06. The van der Waals surface area contributed by atoms with Crippen molar-refractivity contribution < 1.29 is 19.0 Å². The van der Waals surface area contributed by atoms with Gasteiger partial charge in [-0.2, -0.15) is 4.98 Å². The van der Waals surface area contributed by atoms with Crippen molar-refractivity contribution in [1.82, 2.24) is 14.9 Å². The number of aromatic nitrogens is 2. The van der Waals surface area contributed by atoms with Crippen LogP contribution in [0.15, 0.2) is 30.5 Å². The van der Waals surface area contributed by atoms with E-state index in [0.29, 0.717) is 49.9 Å². The molecule has 1 aromatic heterocycles. The zero-order chi connectivity index (χ0) is 21.1. The average Bonchev–Trinajstić information content (AvgIpc) is 2.71. The molecule has 1 N–H and O–H groups in total. The van der Waals surface area contributed by atoms with Gasteiger partial charge in [-0.05, 0) is 32.8 Å². The van der Waals surface area contributed by atoms with Gasteiger partial charge in [-0.15, -0.1) is 0 Å². The second-order valence-corrected chi connectivity index (χ2v) is 8.17. The third-order valence-electron chi connectivity index (χ3n) is 6.38. The van der Waals surface area contributed by atoms with Gasteiger partial charge in [-0.3, -0.25) is 4.90 Å². The third kappa shape index (κ3) is 3.88. The molecule has 1 saturated heterocycles. The molecule has 2 fully saturated rings. The van der Waals surface area contributed by atoms with Crippen LogP contribution in [0.1, 0.15) is 44.2 Å². The number of nitrogens with zero attached hydrogens (tertiary/aromatic N) is 3. The molecule has 1 aromatic carbocycles. The zero-order valence-electron chi connectivity index (χ0n) is 17.7. The summed E-state index contributed by atoms with van der Waals surface area (Å²) in [4.78, 5) is 11.0. The van der Waals surface area contributed by atoms with Gasteiger partial charge in [0.1, 0.15) is 11.4 Å². The molecule has 2 aromatic rings. The van der Waals surface area contributed by atoms with E-state index in [9.17, 15) is 9.50 Å². The first kappa shape index (κ1) is 21.0. The first-order valence-corrected chi connectivity index (χ1v) is 10.9. The maximum atomic E-state index is 14.2. The van der Waals surface area contributed by atoms with E-state index in [0.717, 1.165) is 19.3 Å². The Labute approximate surface area is 177 Å². The lowest BCUT2D eigenvalue weighted by Crippen LogP contribution is -2.58. The molecule has 1 aliphatic carbocycles. The highest BCUT2D eigenvalue weighted by Crippen LogP contribution is 2.51. The molecular formula is C23H30FN3O3. The smallest absolute Gasteiger partial charge is 0.319 e. The van der Waals surface area contributed by atoms with E-state index in [4.69, 9.17) is 9.47 Å². The number of rotatable bonds is 7. The highest BCUT2D eigenvalue weighted by atomic mass is 19.1. The largest absolute Gasteiger partial charge is 0.478 e. The molecule has 30 heavy (non-hydrogen) atoms. The quantitative estimate of drug-likeness (QED) is 0.746. The maximum Gasteiger partial charge on any atom is 0.319 e. The summed E-state index contributed by atoms with van der Waals surface area (Å²) >= 11 is 0. The second-order valence-electron chi connectivity index (χ2n) is 8.17. The fraction of sp³-hybridized carbons (Fsp3) is 0.565. The minimum absolute atomic E-state index is 0.0116. The number of hydrogen-bond donors (Lipinski definition) is 1. The van der Waals surface area contributed by atoms with Gasteiger partial charge in [0.2, 0.25) is 5.88 Å². The monoisotopic (exact) mass is 415 g/mol. The van der Waals surface area contributed by atoms with Gasteiger partial charge in [0, 0.05) is 43.2 Å². The molecule has 6 nitrogen and oxygen atoms in total. The molecule has 162 valence electrons. The predicted molar refractivity (Wildman–Crippen MR) is 111 cm³/mol. The number of fused-ring (bicyclic) bond motifs is 2. The molecule has 7 heteroatoms. The van der Waals surface area contributed by atoms with Gasteiger partial charge in [0.25, 0.3) is 0 Å². The summed E-state index contributed by atoms with van der Waals surface area (Å²) in [6, 6.07) is 7.17. The molecule has 0 spiro atoms. The molecule has 1 unspecified atom stereocenters. The van der Waals surface area contributed by atoms with Gasteiger partial charge in [0.05, 0.1) is 18.8 Å².